The lowest BCUT2D eigenvalue weighted by Crippen LogP contribution is -2.53. The summed E-state index contributed by atoms with van der Waals surface area (Å²) < 4.78 is 74.7. The van der Waals surface area contributed by atoms with E-state index >= 15 is 0 Å². The van der Waals surface area contributed by atoms with Crippen LogP contribution in [0.15, 0.2) is 0 Å². The molecule has 0 rings (SSSR count). The number of rotatable bonds is 4. The van der Waals surface area contributed by atoms with Crippen molar-refractivity contribution >= 4 is 0 Å². The molecule has 8 heteroatoms. The molecule has 0 aromatic heterocycles. The smallest absolute Gasteiger partial charge is 0.271 e. The first-order valence-electron chi connectivity index (χ1n) is 5.38. The molecular weight excluding hydrogens is 262 g/mol. The van der Waals surface area contributed by atoms with Crippen molar-refractivity contribution in [2.75, 3.05) is 0 Å². The highest BCUT2D eigenvalue weighted by Crippen LogP contribution is 2.42. The Hall–Kier alpha value is -0.500. The lowest BCUT2D eigenvalue weighted by atomic mass is 9.85. The van der Waals surface area contributed by atoms with Crippen molar-refractivity contribution in [2.24, 2.45) is 17.2 Å². The van der Waals surface area contributed by atoms with Crippen LogP contribution in [0.5, 0.6) is 0 Å². The summed E-state index contributed by atoms with van der Waals surface area (Å²) in [6.07, 6.45) is -10.8. The van der Waals surface area contributed by atoms with E-state index in [2.05, 4.69) is 0 Å². The molecule has 0 aliphatic rings. The fourth-order valence-electron chi connectivity index (χ4n) is 1.58. The molecule has 0 fully saturated rings. The Balaban J connectivity index is 4.96. The maximum absolute atomic E-state index is 12.5. The second-order valence-electron chi connectivity index (χ2n) is 5.43. The van der Waals surface area contributed by atoms with Gasteiger partial charge in [0.25, 0.3) is 0 Å². The Morgan fingerprint density at radius 1 is 0.944 bits per heavy atom. The monoisotopic (exact) mass is 280 g/mol. The minimum atomic E-state index is -5.37. The van der Waals surface area contributed by atoms with Gasteiger partial charge in [0.1, 0.15) is 0 Å². The quantitative estimate of drug-likeness (QED) is 0.470. The average molecular weight is 280 g/mol. The fraction of sp³-hybridized carbons (Fsp3) is 1.00. The summed E-state index contributed by atoms with van der Waals surface area (Å²) in [4.78, 5) is 0. The van der Waals surface area contributed by atoms with Crippen molar-refractivity contribution in [1.29, 1.82) is 0 Å². The molecule has 0 aromatic carbocycles. The first-order valence-corrected chi connectivity index (χ1v) is 5.38. The van der Waals surface area contributed by atoms with E-state index < -0.39 is 24.3 Å². The van der Waals surface area contributed by atoms with Gasteiger partial charge in [-0.2, -0.15) is 26.3 Å². The molecule has 0 aliphatic carbocycles. The molecular formula is C10H18F6N2. The molecule has 3 N–H and O–H groups in total. The van der Waals surface area contributed by atoms with Crippen molar-refractivity contribution in [1.82, 2.24) is 5.43 Å². The molecule has 0 amide bonds. The van der Waals surface area contributed by atoms with Gasteiger partial charge >= 0.3 is 12.4 Å². The predicted molar refractivity (Wildman–Crippen MR) is 55.4 cm³/mol. The first-order chi connectivity index (χ1) is 7.79. The van der Waals surface area contributed by atoms with E-state index in [1.165, 1.54) is 0 Å². The third-order valence-electron chi connectivity index (χ3n) is 2.53. The number of nitrogens with one attached hydrogen (secondary N) is 1. The molecule has 0 aromatic rings. The Morgan fingerprint density at radius 2 is 1.33 bits per heavy atom. The number of hydrogen-bond acceptors (Lipinski definition) is 2. The third kappa shape index (κ3) is 5.90. The second kappa shape index (κ2) is 5.64. The summed E-state index contributed by atoms with van der Waals surface area (Å²) in [5.41, 5.74) is 1.28. The van der Waals surface area contributed by atoms with Crippen LogP contribution in [0.25, 0.3) is 0 Å². The van der Waals surface area contributed by atoms with Gasteiger partial charge in [0.15, 0.2) is 5.92 Å². The SMILES string of the molecule is CC(C)(C)CCC(NN)C(C(F)(F)F)C(F)(F)F. The molecule has 0 spiro atoms. The van der Waals surface area contributed by atoms with Crippen LogP contribution in [0.4, 0.5) is 26.3 Å². The summed E-state index contributed by atoms with van der Waals surface area (Å²) in [6.45, 7) is 5.20. The van der Waals surface area contributed by atoms with Crippen LogP contribution in [0, 0.1) is 11.3 Å². The number of hydrazine groups is 1. The van der Waals surface area contributed by atoms with E-state index in [4.69, 9.17) is 5.84 Å². The predicted octanol–water partition coefficient (Wildman–Crippen LogP) is 3.39. The number of hydrogen-bond donors (Lipinski definition) is 2. The van der Waals surface area contributed by atoms with Gasteiger partial charge in [-0.05, 0) is 18.3 Å². The normalized spacial score (nSPS) is 16.2. The summed E-state index contributed by atoms with van der Waals surface area (Å²) >= 11 is 0. The molecule has 0 heterocycles. The highest BCUT2D eigenvalue weighted by Gasteiger charge is 2.59. The summed E-state index contributed by atoms with van der Waals surface area (Å²) in [5, 5.41) is 0. The topological polar surface area (TPSA) is 38.0 Å². The van der Waals surface area contributed by atoms with Gasteiger partial charge < -0.3 is 0 Å². The number of alkyl halides is 6. The molecule has 1 atom stereocenters. The van der Waals surface area contributed by atoms with Crippen molar-refractivity contribution in [2.45, 2.75) is 52.0 Å². The van der Waals surface area contributed by atoms with Crippen molar-refractivity contribution in [3.63, 3.8) is 0 Å². The van der Waals surface area contributed by atoms with Crippen LogP contribution in [-0.2, 0) is 0 Å². The van der Waals surface area contributed by atoms with Crippen LogP contribution >= 0.6 is 0 Å². The molecule has 0 radical (unpaired) electrons. The van der Waals surface area contributed by atoms with Crippen molar-refractivity contribution in [3.05, 3.63) is 0 Å². The molecule has 110 valence electrons. The third-order valence-corrected chi connectivity index (χ3v) is 2.53. The molecule has 2 nitrogen and oxygen atoms in total. The first kappa shape index (κ1) is 17.5. The van der Waals surface area contributed by atoms with Gasteiger partial charge in [0.2, 0.25) is 0 Å². The molecule has 18 heavy (non-hydrogen) atoms. The van der Waals surface area contributed by atoms with E-state index in [0.717, 1.165) is 0 Å². The summed E-state index contributed by atoms with van der Waals surface area (Å²) in [6, 6.07) is -1.87. The van der Waals surface area contributed by atoms with E-state index in [-0.39, 0.29) is 18.3 Å². The Morgan fingerprint density at radius 3 is 1.56 bits per heavy atom. The lowest BCUT2D eigenvalue weighted by Gasteiger charge is -2.31. The lowest BCUT2D eigenvalue weighted by molar-refractivity contribution is -0.292. The van der Waals surface area contributed by atoms with E-state index in [9.17, 15) is 26.3 Å². The van der Waals surface area contributed by atoms with Crippen LogP contribution in [-0.4, -0.2) is 18.4 Å². The van der Waals surface area contributed by atoms with Gasteiger partial charge in [0.05, 0.1) is 0 Å². The minimum Gasteiger partial charge on any atom is -0.271 e. The van der Waals surface area contributed by atoms with Crippen LogP contribution < -0.4 is 11.3 Å². The van der Waals surface area contributed by atoms with Gasteiger partial charge in [0, 0.05) is 6.04 Å². The Bertz CT molecular complexity index is 239. The van der Waals surface area contributed by atoms with E-state index in [0.29, 0.717) is 0 Å². The van der Waals surface area contributed by atoms with Crippen molar-refractivity contribution < 1.29 is 26.3 Å². The van der Waals surface area contributed by atoms with Crippen LogP contribution in [0.1, 0.15) is 33.6 Å². The molecule has 0 saturated heterocycles. The minimum absolute atomic E-state index is 0.199. The van der Waals surface area contributed by atoms with Gasteiger partial charge in [-0.15, -0.1) is 0 Å². The van der Waals surface area contributed by atoms with Gasteiger partial charge in [-0.1, -0.05) is 20.8 Å². The standard InChI is InChI=1S/C10H18F6N2/c1-8(2,3)5-4-6(18-17)7(9(11,12)13)10(14,15)16/h6-7,18H,4-5,17H2,1-3H3. The van der Waals surface area contributed by atoms with Crippen LogP contribution in [0.3, 0.4) is 0 Å². The maximum atomic E-state index is 12.5. The van der Waals surface area contributed by atoms with Gasteiger partial charge in [-0.3, -0.25) is 11.3 Å². The molecule has 0 saturated carbocycles. The largest absolute Gasteiger partial charge is 0.402 e. The maximum Gasteiger partial charge on any atom is 0.402 e. The molecule has 1 unspecified atom stereocenters. The second-order valence-corrected chi connectivity index (χ2v) is 5.43. The van der Waals surface area contributed by atoms with Crippen molar-refractivity contribution in [3.8, 4) is 0 Å². The highest BCUT2D eigenvalue weighted by atomic mass is 19.4. The van der Waals surface area contributed by atoms with E-state index in [1.807, 2.05) is 0 Å². The molecule has 0 aliphatic heterocycles. The summed E-state index contributed by atoms with van der Waals surface area (Å²) in [5.74, 6) is 1.40. The average Bonchev–Trinajstić information content (AvgIpc) is 2.05. The van der Waals surface area contributed by atoms with Crippen LogP contribution in [0.2, 0.25) is 0 Å². The highest BCUT2D eigenvalue weighted by molar-refractivity contribution is 4.86. The fourth-order valence-corrected chi connectivity index (χ4v) is 1.58. The van der Waals surface area contributed by atoms with E-state index in [1.54, 1.807) is 26.2 Å². The Labute approximate surface area is 102 Å². The zero-order valence-electron chi connectivity index (χ0n) is 10.4. The zero-order valence-corrected chi connectivity index (χ0v) is 10.4. The molecule has 0 bridgehead atoms. The number of nitrogens with two attached hydrogens (primary N) is 1. The summed E-state index contributed by atoms with van der Waals surface area (Å²) in [7, 11) is 0. The van der Waals surface area contributed by atoms with Gasteiger partial charge in [-0.25, -0.2) is 0 Å². The Kier molecular flexibility index (Phi) is 5.49. The number of halogens is 6. The zero-order chi connectivity index (χ0) is 14.8.